The lowest BCUT2D eigenvalue weighted by atomic mass is 9.84. The van der Waals surface area contributed by atoms with Gasteiger partial charge in [-0.1, -0.05) is 0 Å². The third kappa shape index (κ3) is 1.21. The lowest BCUT2D eigenvalue weighted by molar-refractivity contribution is 0.105. The molecule has 4 heteroatoms. The molecule has 14 heavy (non-hydrogen) atoms. The average Bonchev–Trinajstić information content (AvgIpc) is 2.74. The molecule has 3 heterocycles. The number of alkyl carbamates (subject to hydrolysis) is 1. The Morgan fingerprint density at radius 1 is 1.50 bits per heavy atom. The number of nitrogens with zero attached hydrogens (tertiary/aromatic N) is 1. The van der Waals surface area contributed by atoms with Gasteiger partial charge in [-0.25, -0.2) is 4.79 Å². The Morgan fingerprint density at radius 2 is 2.43 bits per heavy atom. The number of piperidine rings is 1. The van der Waals surface area contributed by atoms with Crippen molar-refractivity contribution in [2.24, 2.45) is 0 Å². The monoisotopic (exact) mass is 196 g/mol. The van der Waals surface area contributed by atoms with E-state index in [1.807, 2.05) is 0 Å². The van der Waals surface area contributed by atoms with Crippen molar-refractivity contribution >= 4 is 6.09 Å². The molecule has 4 nitrogen and oxygen atoms in total. The SMILES string of the molecule is O=C1NC2(CCN3CCCC3C2)CO1. The van der Waals surface area contributed by atoms with Crippen molar-refractivity contribution in [1.29, 1.82) is 0 Å². The van der Waals surface area contributed by atoms with E-state index in [0.29, 0.717) is 12.6 Å². The number of hydrogen-bond donors (Lipinski definition) is 1. The van der Waals surface area contributed by atoms with E-state index >= 15 is 0 Å². The zero-order valence-electron chi connectivity index (χ0n) is 8.29. The van der Waals surface area contributed by atoms with Gasteiger partial charge in [-0.2, -0.15) is 0 Å². The smallest absolute Gasteiger partial charge is 0.407 e. The lowest BCUT2D eigenvalue weighted by Crippen LogP contribution is -2.54. The molecule has 0 bridgehead atoms. The van der Waals surface area contributed by atoms with Gasteiger partial charge in [0.15, 0.2) is 0 Å². The number of carbonyl (C=O) groups is 1. The van der Waals surface area contributed by atoms with Crippen molar-refractivity contribution in [2.45, 2.75) is 37.3 Å². The summed E-state index contributed by atoms with van der Waals surface area (Å²) in [5.74, 6) is 0. The minimum absolute atomic E-state index is 0.0252. The number of ether oxygens (including phenoxy) is 1. The van der Waals surface area contributed by atoms with Crippen LogP contribution in [-0.4, -0.2) is 42.3 Å². The van der Waals surface area contributed by atoms with Gasteiger partial charge in [-0.15, -0.1) is 0 Å². The summed E-state index contributed by atoms with van der Waals surface area (Å²) in [6.45, 7) is 2.94. The molecule has 3 rings (SSSR count). The van der Waals surface area contributed by atoms with Crippen molar-refractivity contribution < 1.29 is 9.53 Å². The number of fused-ring (bicyclic) bond motifs is 1. The zero-order valence-corrected chi connectivity index (χ0v) is 8.29. The van der Waals surface area contributed by atoms with E-state index in [9.17, 15) is 4.79 Å². The molecule has 0 aromatic heterocycles. The molecule has 0 aromatic carbocycles. The van der Waals surface area contributed by atoms with Crippen LogP contribution in [0.3, 0.4) is 0 Å². The Morgan fingerprint density at radius 3 is 3.21 bits per heavy atom. The number of cyclic esters (lactones) is 1. The standard InChI is InChI=1S/C10H16N2O2/c13-9-11-10(7-14-9)3-5-12-4-1-2-8(12)6-10/h8H,1-7H2,(H,11,13). The van der Waals surface area contributed by atoms with E-state index in [1.54, 1.807) is 0 Å². The maximum Gasteiger partial charge on any atom is 0.407 e. The van der Waals surface area contributed by atoms with Crippen molar-refractivity contribution in [2.75, 3.05) is 19.7 Å². The molecule has 0 saturated carbocycles. The predicted octanol–water partition coefficient (Wildman–Crippen LogP) is 0.723. The lowest BCUT2D eigenvalue weighted by Gasteiger charge is -2.40. The van der Waals surface area contributed by atoms with Gasteiger partial charge < -0.3 is 15.0 Å². The van der Waals surface area contributed by atoms with Crippen LogP contribution in [-0.2, 0) is 4.74 Å². The molecule has 3 fully saturated rings. The Labute approximate surface area is 83.6 Å². The first-order valence-electron chi connectivity index (χ1n) is 5.46. The maximum atomic E-state index is 11.1. The first-order chi connectivity index (χ1) is 6.77. The van der Waals surface area contributed by atoms with Gasteiger partial charge in [-0.3, -0.25) is 0 Å². The van der Waals surface area contributed by atoms with Crippen LogP contribution in [0.15, 0.2) is 0 Å². The van der Waals surface area contributed by atoms with Crippen LogP contribution in [0.4, 0.5) is 4.79 Å². The number of nitrogens with one attached hydrogen (secondary N) is 1. The van der Waals surface area contributed by atoms with Crippen LogP contribution in [0, 0.1) is 0 Å². The van der Waals surface area contributed by atoms with Crippen LogP contribution in [0.1, 0.15) is 25.7 Å². The van der Waals surface area contributed by atoms with E-state index in [0.717, 1.165) is 19.4 Å². The van der Waals surface area contributed by atoms with E-state index < -0.39 is 0 Å². The summed E-state index contributed by atoms with van der Waals surface area (Å²) < 4.78 is 5.03. The number of hydrogen-bond acceptors (Lipinski definition) is 3. The number of amides is 1. The van der Waals surface area contributed by atoms with Crippen molar-refractivity contribution in [3.05, 3.63) is 0 Å². The first-order valence-corrected chi connectivity index (χ1v) is 5.46. The summed E-state index contributed by atoms with van der Waals surface area (Å²) in [6, 6.07) is 0.686. The van der Waals surface area contributed by atoms with Crippen LogP contribution < -0.4 is 5.32 Å². The topological polar surface area (TPSA) is 41.6 Å². The fourth-order valence-electron chi connectivity index (χ4n) is 3.07. The minimum atomic E-state index is -0.226. The van der Waals surface area contributed by atoms with Gasteiger partial charge >= 0.3 is 6.09 Å². The second-order valence-corrected chi connectivity index (χ2v) is 4.77. The Hall–Kier alpha value is -0.770. The second kappa shape index (κ2) is 2.86. The molecule has 1 N–H and O–H groups in total. The Balaban J connectivity index is 1.74. The van der Waals surface area contributed by atoms with E-state index in [1.165, 1.54) is 19.4 Å². The molecular formula is C10H16N2O2. The van der Waals surface area contributed by atoms with Gasteiger partial charge in [0.25, 0.3) is 0 Å². The molecule has 3 aliphatic heterocycles. The molecule has 78 valence electrons. The second-order valence-electron chi connectivity index (χ2n) is 4.77. The van der Waals surface area contributed by atoms with Crippen molar-refractivity contribution in [3.8, 4) is 0 Å². The third-order valence-corrected chi connectivity index (χ3v) is 3.85. The average molecular weight is 196 g/mol. The molecule has 0 radical (unpaired) electrons. The van der Waals surface area contributed by atoms with E-state index in [2.05, 4.69) is 10.2 Å². The molecule has 2 unspecified atom stereocenters. The Bertz CT molecular complexity index is 269. The van der Waals surface area contributed by atoms with Crippen molar-refractivity contribution in [3.63, 3.8) is 0 Å². The normalized spacial score (nSPS) is 42.3. The highest BCUT2D eigenvalue weighted by Crippen LogP contribution is 2.35. The van der Waals surface area contributed by atoms with Gasteiger partial charge in [0, 0.05) is 12.6 Å². The molecule has 3 saturated heterocycles. The fraction of sp³-hybridized carbons (Fsp3) is 0.900. The third-order valence-electron chi connectivity index (χ3n) is 3.85. The van der Waals surface area contributed by atoms with Gasteiger partial charge in [0.05, 0.1) is 5.54 Å². The fourth-order valence-corrected chi connectivity index (χ4v) is 3.07. The number of carbonyl (C=O) groups excluding carboxylic acids is 1. The van der Waals surface area contributed by atoms with Crippen LogP contribution in [0.25, 0.3) is 0 Å². The van der Waals surface area contributed by atoms with Gasteiger partial charge in [0.2, 0.25) is 0 Å². The summed E-state index contributed by atoms with van der Waals surface area (Å²) in [4.78, 5) is 13.6. The van der Waals surface area contributed by atoms with E-state index in [4.69, 9.17) is 4.74 Å². The van der Waals surface area contributed by atoms with Crippen LogP contribution in [0.2, 0.25) is 0 Å². The summed E-state index contributed by atoms with van der Waals surface area (Å²) in [6.07, 6.45) is 4.51. The van der Waals surface area contributed by atoms with Crippen LogP contribution in [0.5, 0.6) is 0 Å². The molecule has 2 atom stereocenters. The Kier molecular flexibility index (Phi) is 1.74. The highest BCUT2D eigenvalue weighted by Gasteiger charge is 2.46. The summed E-state index contributed by atoms with van der Waals surface area (Å²) in [5.41, 5.74) is -0.0252. The minimum Gasteiger partial charge on any atom is -0.447 e. The van der Waals surface area contributed by atoms with Gasteiger partial charge in [0.1, 0.15) is 6.61 Å². The van der Waals surface area contributed by atoms with E-state index in [-0.39, 0.29) is 11.6 Å². The molecule has 1 amide bonds. The van der Waals surface area contributed by atoms with Gasteiger partial charge in [-0.05, 0) is 32.2 Å². The maximum absolute atomic E-state index is 11.1. The largest absolute Gasteiger partial charge is 0.447 e. The highest BCUT2D eigenvalue weighted by atomic mass is 16.6. The summed E-state index contributed by atoms with van der Waals surface area (Å²) in [7, 11) is 0. The molecule has 0 aliphatic carbocycles. The quantitative estimate of drug-likeness (QED) is 0.621. The first kappa shape index (κ1) is 8.53. The summed E-state index contributed by atoms with van der Waals surface area (Å²) >= 11 is 0. The van der Waals surface area contributed by atoms with Crippen LogP contribution >= 0.6 is 0 Å². The number of rotatable bonds is 0. The summed E-state index contributed by atoms with van der Waals surface area (Å²) in [5, 5.41) is 2.99. The van der Waals surface area contributed by atoms with Crippen molar-refractivity contribution in [1.82, 2.24) is 10.2 Å². The predicted molar refractivity (Wildman–Crippen MR) is 51.0 cm³/mol. The highest BCUT2D eigenvalue weighted by molar-refractivity contribution is 5.70. The molecule has 0 aromatic rings. The molecule has 3 aliphatic rings. The molecule has 1 spiro atoms. The zero-order chi connectivity index (χ0) is 9.60. The molecular weight excluding hydrogens is 180 g/mol.